The second kappa shape index (κ2) is 10.7. The first-order chi connectivity index (χ1) is 17.6. The molecule has 9 nitrogen and oxygen atoms in total. The molecule has 2 aliphatic rings. The van der Waals surface area contributed by atoms with Crippen LogP contribution in [0.2, 0.25) is 0 Å². The Morgan fingerprint density at radius 3 is 2.50 bits per heavy atom. The Balaban J connectivity index is 0.000000391. The van der Waals surface area contributed by atoms with Gasteiger partial charge in [-0.1, -0.05) is 0 Å². The number of aromatic nitrogens is 5. The summed E-state index contributed by atoms with van der Waals surface area (Å²) in [6, 6.07) is 9.72. The molecule has 0 atom stereocenters. The Hall–Kier alpha value is -4.01. The van der Waals surface area contributed by atoms with Crippen molar-refractivity contribution in [3.63, 3.8) is 0 Å². The summed E-state index contributed by atoms with van der Waals surface area (Å²) >= 11 is 0. The molecule has 2 N–H and O–H groups in total. The van der Waals surface area contributed by atoms with Crippen LogP contribution in [-0.2, 0) is 11.8 Å². The highest BCUT2D eigenvalue weighted by Gasteiger charge is 2.30. The number of likely N-dealkylation sites (tertiary alicyclic amines) is 1. The van der Waals surface area contributed by atoms with E-state index >= 15 is 0 Å². The molecular weight excluding hydrogens is 452 g/mol. The van der Waals surface area contributed by atoms with Crippen LogP contribution in [-0.4, -0.2) is 61.7 Å². The first-order valence-corrected chi connectivity index (χ1v) is 12.5. The molecule has 0 saturated carbocycles. The zero-order chi connectivity index (χ0) is 24.9. The van der Waals surface area contributed by atoms with Gasteiger partial charge in [0.05, 0.1) is 5.69 Å². The van der Waals surface area contributed by atoms with Gasteiger partial charge in [-0.05, 0) is 56.0 Å². The number of hydrogen-bond donors (Lipinski definition) is 1. The average molecular weight is 485 g/mol. The molecule has 0 spiro atoms. The molecule has 6 heterocycles. The van der Waals surface area contributed by atoms with Crippen molar-refractivity contribution in [1.82, 2.24) is 29.6 Å². The van der Waals surface area contributed by atoms with Crippen molar-refractivity contribution in [2.45, 2.75) is 25.7 Å². The van der Waals surface area contributed by atoms with Crippen LogP contribution in [0.1, 0.15) is 25.7 Å². The van der Waals surface area contributed by atoms with Crippen LogP contribution in [0.3, 0.4) is 0 Å². The molecule has 0 radical (unpaired) electrons. The minimum Gasteiger partial charge on any atom is -0.384 e. The van der Waals surface area contributed by atoms with E-state index in [1.807, 2.05) is 54.7 Å². The number of carbonyl (C=O) groups excluding carboxylic acids is 1. The molecule has 6 rings (SSSR count). The van der Waals surface area contributed by atoms with Gasteiger partial charge in [0.2, 0.25) is 5.91 Å². The molecule has 1 amide bonds. The molecule has 0 unspecified atom stereocenters. The fourth-order valence-electron chi connectivity index (χ4n) is 4.95. The lowest BCUT2D eigenvalue weighted by Gasteiger charge is -2.34. The summed E-state index contributed by atoms with van der Waals surface area (Å²) in [7, 11) is 1.89. The number of pyridine rings is 3. The standard InChI is InChI=1S/C23H26N6O.C4H6N2/c24-21-14-17(3-8-26-21)20-13-18-15-25-7-4-19(18)22(27-20)28-11-5-16(6-12-28)23(30)29-9-1-2-10-29;1-6-4-2-3-5-6/h3-4,7-8,13-16H,1-2,5-6,9-12H2,(H2,24,26);2-4H,1H3. The maximum atomic E-state index is 12.8. The SMILES string of the molecule is Cn1cccn1.Nc1cc(-c2cc3cnccc3c(N3CCC(C(=O)N4CCCC4)CC3)n2)ccn1. The van der Waals surface area contributed by atoms with Crippen LogP contribution >= 0.6 is 0 Å². The predicted molar refractivity (Wildman–Crippen MR) is 141 cm³/mol. The van der Waals surface area contributed by atoms with Crippen LogP contribution in [0.25, 0.3) is 22.0 Å². The van der Waals surface area contributed by atoms with E-state index in [0.717, 1.165) is 79.7 Å². The van der Waals surface area contributed by atoms with E-state index in [2.05, 4.69) is 20.0 Å². The van der Waals surface area contributed by atoms with Crippen molar-refractivity contribution in [2.75, 3.05) is 36.8 Å². The van der Waals surface area contributed by atoms with Gasteiger partial charge in [0, 0.05) is 86.5 Å². The number of nitrogen functional groups attached to an aromatic ring is 1. The Bertz CT molecular complexity index is 1310. The van der Waals surface area contributed by atoms with Gasteiger partial charge >= 0.3 is 0 Å². The lowest BCUT2D eigenvalue weighted by molar-refractivity contribution is -0.135. The van der Waals surface area contributed by atoms with Gasteiger partial charge in [-0.2, -0.15) is 5.10 Å². The number of anilines is 2. The molecule has 2 saturated heterocycles. The van der Waals surface area contributed by atoms with Gasteiger partial charge in [0.1, 0.15) is 11.6 Å². The number of piperidine rings is 1. The zero-order valence-electron chi connectivity index (χ0n) is 20.6. The van der Waals surface area contributed by atoms with Crippen molar-refractivity contribution in [2.24, 2.45) is 13.0 Å². The second-order valence-electron chi connectivity index (χ2n) is 9.37. The molecule has 186 valence electrons. The van der Waals surface area contributed by atoms with E-state index < -0.39 is 0 Å². The minimum atomic E-state index is 0.135. The maximum Gasteiger partial charge on any atom is 0.225 e. The van der Waals surface area contributed by atoms with Crippen molar-refractivity contribution in [3.8, 4) is 11.3 Å². The second-order valence-corrected chi connectivity index (χ2v) is 9.37. The van der Waals surface area contributed by atoms with Crippen LogP contribution in [0.15, 0.2) is 61.3 Å². The minimum absolute atomic E-state index is 0.135. The summed E-state index contributed by atoms with van der Waals surface area (Å²) in [5, 5.41) is 5.96. The number of fused-ring (bicyclic) bond motifs is 1. The van der Waals surface area contributed by atoms with Crippen LogP contribution < -0.4 is 10.6 Å². The monoisotopic (exact) mass is 484 g/mol. The van der Waals surface area contributed by atoms with Gasteiger partial charge in [0.25, 0.3) is 0 Å². The van der Waals surface area contributed by atoms with Gasteiger partial charge < -0.3 is 15.5 Å². The summed E-state index contributed by atoms with van der Waals surface area (Å²) in [4.78, 5) is 30.5. The summed E-state index contributed by atoms with van der Waals surface area (Å²) in [5.74, 6) is 1.90. The predicted octanol–water partition coefficient (Wildman–Crippen LogP) is 3.53. The summed E-state index contributed by atoms with van der Waals surface area (Å²) in [6.07, 6.45) is 13.0. The molecule has 2 fully saturated rings. The van der Waals surface area contributed by atoms with Crippen LogP contribution in [0, 0.1) is 5.92 Å². The molecule has 0 bridgehead atoms. The van der Waals surface area contributed by atoms with Gasteiger partial charge in [-0.3, -0.25) is 14.5 Å². The number of aryl methyl sites for hydroxylation is 1. The quantitative estimate of drug-likeness (QED) is 0.474. The molecule has 9 heteroatoms. The first-order valence-electron chi connectivity index (χ1n) is 12.5. The van der Waals surface area contributed by atoms with E-state index in [1.54, 1.807) is 23.3 Å². The Labute approximate surface area is 211 Å². The highest BCUT2D eigenvalue weighted by atomic mass is 16.2. The van der Waals surface area contributed by atoms with E-state index in [4.69, 9.17) is 10.7 Å². The molecule has 4 aromatic rings. The number of nitrogens with two attached hydrogens (primary N) is 1. The summed E-state index contributed by atoms with van der Waals surface area (Å²) in [5.41, 5.74) is 7.68. The number of amides is 1. The van der Waals surface area contributed by atoms with Crippen molar-refractivity contribution in [1.29, 1.82) is 0 Å². The third kappa shape index (κ3) is 5.30. The lowest BCUT2D eigenvalue weighted by atomic mass is 9.95. The molecular formula is C27H32N8O. The highest BCUT2D eigenvalue weighted by Crippen LogP contribution is 2.32. The maximum absolute atomic E-state index is 12.8. The van der Waals surface area contributed by atoms with Crippen molar-refractivity contribution in [3.05, 3.63) is 61.3 Å². The Kier molecular flexibility index (Phi) is 7.06. The average Bonchev–Trinajstić information content (AvgIpc) is 3.63. The molecule has 4 aromatic heterocycles. The van der Waals surface area contributed by atoms with E-state index in [1.165, 1.54) is 0 Å². The normalized spacial score (nSPS) is 16.1. The van der Waals surface area contributed by atoms with E-state index in [-0.39, 0.29) is 5.92 Å². The zero-order valence-corrected chi connectivity index (χ0v) is 20.6. The smallest absolute Gasteiger partial charge is 0.225 e. The van der Waals surface area contributed by atoms with Crippen LogP contribution in [0.4, 0.5) is 11.6 Å². The van der Waals surface area contributed by atoms with Gasteiger partial charge in [-0.25, -0.2) is 9.97 Å². The third-order valence-corrected chi connectivity index (χ3v) is 6.89. The number of rotatable bonds is 3. The Morgan fingerprint density at radius 2 is 1.83 bits per heavy atom. The molecule has 0 aliphatic carbocycles. The third-order valence-electron chi connectivity index (χ3n) is 6.89. The van der Waals surface area contributed by atoms with Crippen molar-refractivity contribution < 1.29 is 4.79 Å². The fraction of sp³-hybridized carbons (Fsp3) is 0.370. The highest BCUT2D eigenvalue weighted by molar-refractivity contribution is 5.94. The van der Waals surface area contributed by atoms with Gasteiger partial charge in [-0.15, -0.1) is 0 Å². The number of nitrogens with zero attached hydrogens (tertiary/aromatic N) is 7. The number of hydrogen-bond acceptors (Lipinski definition) is 7. The van der Waals surface area contributed by atoms with Crippen molar-refractivity contribution >= 4 is 28.3 Å². The molecule has 36 heavy (non-hydrogen) atoms. The van der Waals surface area contributed by atoms with E-state index in [0.29, 0.717) is 11.7 Å². The lowest BCUT2D eigenvalue weighted by Crippen LogP contribution is -2.42. The Morgan fingerprint density at radius 1 is 1.03 bits per heavy atom. The largest absolute Gasteiger partial charge is 0.384 e. The number of carbonyl (C=O) groups is 1. The summed E-state index contributed by atoms with van der Waals surface area (Å²) < 4.78 is 1.75. The summed E-state index contributed by atoms with van der Waals surface area (Å²) in [6.45, 7) is 3.51. The van der Waals surface area contributed by atoms with E-state index in [9.17, 15) is 4.79 Å². The van der Waals surface area contributed by atoms with Gasteiger partial charge in [0.15, 0.2) is 0 Å². The molecule has 2 aliphatic heterocycles. The topological polar surface area (TPSA) is 106 Å². The first kappa shape index (κ1) is 23.7. The van der Waals surface area contributed by atoms with Crippen LogP contribution in [0.5, 0.6) is 0 Å². The fourth-order valence-corrected chi connectivity index (χ4v) is 4.95. The molecule has 0 aromatic carbocycles.